The molecule has 3 heteroatoms. The normalized spacial score (nSPS) is 21.5. The lowest BCUT2D eigenvalue weighted by molar-refractivity contribution is 0.0460. The third kappa shape index (κ3) is 2.12. The van der Waals surface area contributed by atoms with Crippen LogP contribution in [0.3, 0.4) is 0 Å². The van der Waals surface area contributed by atoms with Crippen molar-refractivity contribution >= 4 is 5.78 Å². The summed E-state index contributed by atoms with van der Waals surface area (Å²) in [5, 5.41) is 0. The maximum atomic E-state index is 12.1. The Hall–Kier alpha value is -1.09. The zero-order valence-electron chi connectivity index (χ0n) is 8.99. The number of aryl methyl sites for hydroxylation is 1. The number of ether oxygens (including phenoxy) is 1. The molecule has 0 saturated carbocycles. The van der Waals surface area contributed by atoms with Crippen molar-refractivity contribution in [2.45, 2.75) is 26.2 Å². The van der Waals surface area contributed by atoms with Gasteiger partial charge in [0, 0.05) is 18.9 Å². The topological polar surface area (TPSA) is 39.4 Å². The summed E-state index contributed by atoms with van der Waals surface area (Å²) in [6.45, 7) is 3.34. The number of hydrogen-bond acceptors (Lipinski definition) is 3. The molecule has 82 valence electrons. The van der Waals surface area contributed by atoms with Crippen LogP contribution in [-0.4, -0.2) is 19.0 Å². The fraction of sp³-hybridized carbons (Fsp3) is 0.583. The Bertz CT molecular complexity index is 334. The van der Waals surface area contributed by atoms with Gasteiger partial charge < -0.3 is 9.15 Å². The van der Waals surface area contributed by atoms with E-state index < -0.39 is 0 Å². The fourth-order valence-corrected chi connectivity index (χ4v) is 2.00. The van der Waals surface area contributed by atoms with Gasteiger partial charge in [0.2, 0.25) is 0 Å². The van der Waals surface area contributed by atoms with Crippen molar-refractivity contribution < 1.29 is 13.9 Å². The van der Waals surface area contributed by atoms with Gasteiger partial charge in [-0.05, 0) is 18.9 Å². The Kier molecular flexibility index (Phi) is 3.21. The lowest BCUT2D eigenvalue weighted by atomic mass is 9.92. The SMILES string of the molecule is CCc1occc1C(=O)C1CCCOC1. The van der Waals surface area contributed by atoms with E-state index in [1.54, 1.807) is 12.3 Å². The molecule has 15 heavy (non-hydrogen) atoms. The molecule has 1 aromatic rings. The average molecular weight is 208 g/mol. The fourth-order valence-electron chi connectivity index (χ4n) is 2.00. The molecule has 1 saturated heterocycles. The highest BCUT2D eigenvalue weighted by molar-refractivity contribution is 5.98. The van der Waals surface area contributed by atoms with Crippen molar-refractivity contribution in [2.24, 2.45) is 5.92 Å². The highest BCUT2D eigenvalue weighted by Crippen LogP contribution is 2.22. The van der Waals surface area contributed by atoms with Crippen LogP contribution < -0.4 is 0 Å². The molecule has 1 unspecified atom stereocenters. The summed E-state index contributed by atoms with van der Waals surface area (Å²) in [5.41, 5.74) is 0.744. The molecule has 0 bridgehead atoms. The maximum absolute atomic E-state index is 12.1. The Morgan fingerprint density at radius 3 is 3.13 bits per heavy atom. The van der Waals surface area contributed by atoms with Gasteiger partial charge in [0.25, 0.3) is 0 Å². The highest BCUT2D eigenvalue weighted by Gasteiger charge is 2.25. The van der Waals surface area contributed by atoms with E-state index in [1.165, 1.54) is 0 Å². The van der Waals surface area contributed by atoms with Gasteiger partial charge in [-0.3, -0.25) is 4.79 Å². The lowest BCUT2D eigenvalue weighted by Crippen LogP contribution is -2.25. The molecular weight excluding hydrogens is 192 g/mol. The van der Waals surface area contributed by atoms with Gasteiger partial charge in [0.05, 0.1) is 18.4 Å². The number of carbonyl (C=O) groups is 1. The van der Waals surface area contributed by atoms with E-state index in [4.69, 9.17) is 9.15 Å². The monoisotopic (exact) mass is 208 g/mol. The average Bonchev–Trinajstić information content (AvgIpc) is 2.77. The van der Waals surface area contributed by atoms with E-state index in [-0.39, 0.29) is 11.7 Å². The third-order valence-electron chi connectivity index (χ3n) is 2.86. The van der Waals surface area contributed by atoms with Gasteiger partial charge in [-0.25, -0.2) is 0 Å². The predicted molar refractivity (Wildman–Crippen MR) is 56.0 cm³/mol. The smallest absolute Gasteiger partial charge is 0.171 e. The number of hydrogen-bond donors (Lipinski definition) is 0. The third-order valence-corrected chi connectivity index (χ3v) is 2.86. The van der Waals surface area contributed by atoms with E-state index in [2.05, 4.69) is 0 Å². The van der Waals surface area contributed by atoms with Crippen LogP contribution in [0.2, 0.25) is 0 Å². The predicted octanol–water partition coefficient (Wildman–Crippen LogP) is 2.45. The van der Waals surface area contributed by atoms with Crippen molar-refractivity contribution in [3.63, 3.8) is 0 Å². The molecule has 1 aliphatic heterocycles. The molecule has 0 aromatic carbocycles. The van der Waals surface area contributed by atoms with Gasteiger partial charge in [-0.1, -0.05) is 6.92 Å². The Morgan fingerprint density at radius 1 is 1.60 bits per heavy atom. The van der Waals surface area contributed by atoms with Gasteiger partial charge in [-0.15, -0.1) is 0 Å². The summed E-state index contributed by atoms with van der Waals surface area (Å²) in [7, 11) is 0. The molecule has 0 radical (unpaired) electrons. The van der Waals surface area contributed by atoms with Gasteiger partial charge in [-0.2, -0.15) is 0 Å². The molecule has 0 aliphatic carbocycles. The first-order valence-electron chi connectivity index (χ1n) is 5.51. The first-order chi connectivity index (χ1) is 7.33. The standard InChI is InChI=1S/C12H16O3/c1-2-11-10(5-7-15-11)12(13)9-4-3-6-14-8-9/h5,7,9H,2-4,6,8H2,1H3. The Balaban J connectivity index is 2.12. The van der Waals surface area contributed by atoms with Crippen LogP contribution in [0.5, 0.6) is 0 Å². The van der Waals surface area contributed by atoms with Crippen LogP contribution in [0.1, 0.15) is 35.9 Å². The minimum Gasteiger partial charge on any atom is -0.469 e. The molecule has 2 rings (SSSR count). The molecule has 2 heterocycles. The summed E-state index contributed by atoms with van der Waals surface area (Å²) in [6, 6.07) is 1.77. The number of Topliss-reactive ketones (excluding diaryl/α,β-unsaturated/α-hetero) is 1. The van der Waals surface area contributed by atoms with Crippen LogP contribution in [0.4, 0.5) is 0 Å². The summed E-state index contributed by atoms with van der Waals surface area (Å²) >= 11 is 0. The van der Waals surface area contributed by atoms with Crippen LogP contribution in [0.25, 0.3) is 0 Å². The highest BCUT2D eigenvalue weighted by atomic mass is 16.5. The van der Waals surface area contributed by atoms with E-state index in [9.17, 15) is 4.79 Å². The van der Waals surface area contributed by atoms with Crippen LogP contribution in [0.15, 0.2) is 16.7 Å². The molecule has 1 aromatic heterocycles. The second-order valence-corrected chi connectivity index (χ2v) is 3.89. The molecule has 3 nitrogen and oxygen atoms in total. The van der Waals surface area contributed by atoms with E-state index >= 15 is 0 Å². The van der Waals surface area contributed by atoms with E-state index in [0.717, 1.165) is 37.2 Å². The van der Waals surface area contributed by atoms with E-state index in [1.807, 2.05) is 6.92 Å². The first-order valence-corrected chi connectivity index (χ1v) is 5.51. The maximum Gasteiger partial charge on any atom is 0.171 e. The van der Waals surface area contributed by atoms with Crippen LogP contribution >= 0.6 is 0 Å². The second-order valence-electron chi connectivity index (χ2n) is 3.89. The molecule has 1 atom stereocenters. The van der Waals surface area contributed by atoms with Gasteiger partial charge in [0.15, 0.2) is 5.78 Å². The summed E-state index contributed by atoms with van der Waals surface area (Å²) in [6.07, 6.45) is 4.28. The van der Waals surface area contributed by atoms with Crippen molar-refractivity contribution in [2.75, 3.05) is 13.2 Å². The second kappa shape index (κ2) is 4.62. The minimum absolute atomic E-state index is 0.0293. The molecule has 0 N–H and O–H groups in total. The van der Waals surface area contributed by atoms with Gasteiger partial charge in [0.1, 0.15) is 5.76 Å². The quantitative estimate of drug-likeness (QED) is 0.716. The number of furan rings is 1. The van der Waals surface area contributed by atoms with E-state index in [0.29, 0.717) is 6.61 Å². The van der Waals surface area contributed by atoms with Crippen LogP contribution in [0, 0.1) is 5.92 Å². The number of ketones is 1. The largest absolute Gasteiger partial charge is 0.469 e. The van der Waals surface area contributed by atoms with Crippen molar-refractivity contribution in [3.8, 4) is 0 Å². The lowest BCUT2D eigenvalue weighted by Gasteiger charge is -2.20. The minimum atomic E-state index is 0.0293. The molecule has 0 amide bonds. The first kappa shape index (κ1) is 10.4. The van der Waals surface area contributed by atoms with Crippen molar-refractivity contribution in [1.29, 1.82) is 0 Å². The molecule has 1 fully saturated rings. The Labute approximate surface area is 89.4 Å². The zero-order valence-corrected chi connectivity index (χ0v) is 8.99. The summed E-state index contributed by atoms with van der Waals surface area (Å²) in [4.78, 5) is 12.1. The number of rotatable bonds is 3. The summed E-state index contributed by atoms with van der Waals surface area (Å²) in [5.74, 6) is 1.01. The molecule has 1 aliphatic rings. The van der Waals surface area contributed by atoms with Crippen molar-refractivity contribution in [1.82, 2.24) is 0 Å². The van der Waals surface area contributed by atoms with Crippen molar-refractivity contribution in [3.05, 3.63) is 23.7 Å². The Morgan fingerprint density at radius 2 is 2.47 bits per heavy atom. The molecule has 0 spiro atoms. The van der Waals surface area contributed by atoms with Gasteiger partial charge >= 0.3 is 0 Å². The molecular formula is C12H16O3. The summed E-state index contributed by atoms with van der Waals surface area (Å²) < 4.78 is 10.6. The number of carbonyl (C=O) groups excluding carboxylic acids is 1. The van der Waals surface area contributed by atoms with Crippen LogP contribution in [-0.2, 0) is 11.2 Å². The zero-order chi connectivity index (χ0) is 10.7.